The maximum atomic E-state index is 13.4. The van der Waals surface area contributed by atoms with E-state index >= 15 is 0 Å². The van der Waals surface area contributed by atoms with Gasteiger partial charge in [0, 0.05) is 55.4 Å². The van der Waals surface area contributed by atoms with Crippen molar-refractivity contribution in [3.63, 3.8) is 0 Å². The standard InChI is InChI=1S/C27H30N6OS/c1-20-18-21(2)33-26(28-20)29-27(30-33)35-19-23-10-6-7-11-24(23)25(34)32-16-14-31(15-17-32)13-12-22-8-4-3-5-9-22/h3-11,18H,12-17,19H2,1-2H3. The van der Waals surface area contributed by atoms with E-state index in [1.807, 2.05) is 49.1 Å². The Morgan fingerprint density at radius 2 is 1.69 bits per heavy atom. The summed E-state index contributed by atoms with van der Waals surface area (Å²) < 4.78 is 1.77. The van der Waals surface area contributed by atoms with Gasteiger partial charge >= 0.3 is 0 Å². The van der Waals surface area contributed by atoms with Crippen LogP contribution in [0.1, 0.15) is 32.9 Å². The summed E-state index contributed by atoms with van der Waals surface area (Å²) in [4.78, 5) is 26.9. The molecule has 8 heteroatoms. The van der Waals surface area contributed by atoms with Gasteiger partial charge in [-0.15, -0.1) is 5.10 Å². The molecule has 0 atom stereocenters. The monoisotopic (exact) mass is 486 g/mol. The normalized spacial score (nSPS) is 14.5. The van der Waals surface area contributed by atoms with Crippen molar-refractivity contribution < 1.29 is 4.79 Å². The molecular weight excluding hydrogens is 456 g/mol. The average Bonchev–Trinajstić information content (AvgIpc) is 3.30. The van der Waals surface area contributed by atoms with E-state index in [1.165, 1.54) is 17.3 Å². The first kappa shape index (κ1) is 23.5. The fourth-order valence-corrected chi connectivity index (χ4v) is 5.30. The zero-order chi connectivity index (χ0) is 24.2. The Hall–Kier alpha value is -3.23. The molecule has 0 spiro atoms. The zero-order valence-electron chi connectivity index (χ0n) is 20.2. The van der Waals surface area contributed by atoms with Gasteiger partial charge in [0.05, 0.1) is 0 Å². The molecule has 0 unspecified atom stereocenters. The third-order valence-electron chi connectivity index (χ3n) is 6.42. The van der Waals surface area contributed by atoms with E-state index < -0.39 is 0 Å². The number of carbonyl (C=O) groups is 1. The van der Waals surface area contributed by atoms with Crippen LogP contribution < -0.4 is 0 Å². The second-order valence-corrected chi connectivity index (χ2v) is 9.90. The van der Waals surface area contributed by atoms with Crippen LogP contribution in [0.2, 0.25) is 0 Å². The predicted octanol–water partition coefficient (Wildman–Crippen LogP) is 4.03. The Kier molecular flexibility index (Phi) is 7.11. The number of fused-ring (bicyclic) bond motifs is 1. The van der Waals surface area contributed by atoms with Crippen molar-refractivity contribution in [2.24, 2.45) is 0 Å². The lowest BCUT2D eigenvalue weighted by atomic mass is 10.1. The molecule has 180 valence electrons. The van der Waals surface area contributed by atoms with E-state index in [-0.39, 0.29) is 5.91 Å². The number of piperazine rings is 1. The number of benzene rings is 2. The number of aryl methyl sites for hydroxylation is 2. The Bertz CT molecular complexity index is 1310. The fraction of sp³-hybridized carbons (Fsp3) is 0.333. The van der Waals surface area contributed by atoms with E-state index in [0.29, 0.717) is 16.7 Å². The van der Waals surface area contributed by atoms with Gasteiger partial charge in [-0.25, -0.2) is 9.50 Å². The lowest BCUT2D eigenvalue weighted by molar-refractivity contribution is 0.0637. The molecule has 5 rings (SSSR count). The van der Waals surface area contributed by atoms with Crippen LogP contribution in [0.4, 0.5) is 0 Å². The summed E-state index contributed by atoms with van der Waals surface area (Å²) in [5, 5.41) is 5.25. The van der Waals surface area contributed by atoms with Crippen LogP contribution in [-0.2, 0) is 12.2 Å². The first-order valence-electron chi connectivity index (χ1n) is 12.0. The number of hydrogen-bond donors (Lipinski definition) is 0. The summed E-state index contributed by atoms with van der Waals surface area (Å²) in [7, 11) is 0. The van der Waals surface area contributed by atoms with Crippen LogP contribution >= 0.6 is 11.8 Å². The molecule has 35 heavy (non-hydrogen) atoms. The van der Waals surface area contributed by atoms with Crippen molar-refractivity contribution in [2.45, 2.75) is 31.2 Å². The summed E-state index contributed by atoms with van der Waals surface area (Å²) in [6.45, 7) is 8.32. The third kappa shape index (κ3) is 5.55. The lowest BCUT2D eigenvalue weighted by Gasteiger charge is -2.35. The highest BCUT2D eigenvalue weighted by Crippen LogP contribution is 2.24. The van der Waals surface area contributed by atoms with Gasteiger partial charge in [-0.2, -0.15) is 4.98 Å². The number of carbonyl (C=O) groups excluding carboxylic acids is 1. The van der Waals surface area contributed by atoms with Crippen molar-refractivity contribution in [2.75, 3.05) is 32.7 Å². The molecule has 0 N–H and O–H groups in total. The molecule has 4 aromatic rings. The van der Waals surface area contributed by atoms with Gasteiger partial charge in [-0.05, 0) is 43.5 Å². The molecule has 3 heterocycles. The second-order valence-electron chi connectivity index (χ2n) is 8.96. The third-order valence-corrected chi connectivity index (χ3v) is 7.31. The van der Waals surface area contributed by atoms with Crippen LogP contribution in [0.5, 0.6) is 0 Å². The van der Waals surface area contributed by atoms with Gasteiger partial charge in [-0.3, -0.25) is 9.69 Å². The molecule has 7 nitrogen and oxygen atoms in total. The summed E-state index contributed by atoms with van der Waals surface area (Å²) in [5.41, 5.74) is 5.07. The van der Waals surface area contributed by atoms with E-state index in [0.717, 1.165) is 61.7 Å². The highest BCUT2D eigenvalue weighted by atomic mass is 32.2. The van der Waals surface area contributed by atoms with Gasteiger partial charge in [0.1, 0.15) is 0 Å². The molecule has 0 aliphatic carbocycles. The van der Waals surface area contributed by atoms with E-state index in [9.17, 15) is 4.79 Å². The van der Waals surface area contributed by atoms with Gasteiger partial charge in [-0.1, -0.05) is 60.3 Å². The van der Waals surface area contributed by atoms with Gasteiger partial charge in [0.25, 0.3) is 11.7 Å². The van der Waals surface area contributed by atoms with E-state index in [4.69, 9.17) is 0 Å². The molecule has 2 aromatic heterocycles. The van der Waals surface area contributed by atoms with Crippen molar-refractivity contribution in [3.8, 4) is 0 Å². The van der Waals surface area contributed by atoms with Gasteiger partial charge in [0.15, 0.2) is 0 Å². The Morgan fingerprint density at radius 3 is 2.49 bits per heavy atom. The molecule has 0 radical (unpaired) electrons. The van der Waals surface area contributed by atoms with E-state index in [2.05, 4.69) is 50.3 Å². The predicted molar refractivity (Wildman–Crippen MR) is 139 cm³/mol. The second kappa shape index (κ2) is 10.6. The van der Waals surface area contributed by atoms with Crippen LogP contribution in [0.15, 0.2) is 65.8 Å². The number of thioether (sulfide) groups is 1. The highest BCUT2D eigenvalue weighted by molar-refractivity contribution is 7.98. The fourth-order valence-electron chi connectivity index (χ4n) is 4.48. The summed E-state index contributed by atoms with van der Waals surface area (Å²) >= 11 is 1.53. The number of rotatable bonds is 7. The molecular formula is C27H30N6OS. The number of amides is 1. The molecule has 1 saturated heterocycles. The summed E-state index contributed by atoms with van der Waals surface area (Å²) in [5.74, 6) is 1.35. The number of hydrogen-bond acceptors (Lipinski definition) is 6. The molecule has 1 aliphatic rings. The molecule has 0 saturated carbocycles. The number of aromatic nitrogens is 4. The van der Waals surface area contributed by atoms with Crippen molar-refractivity contribution >= 4 is 23.4 Å². The molecule has 2 aromatic carbocycles. The number of nitrogens with zero attached hydrogens (tertiary/aromatic N) is 6. The zero-order valence-corrected chi connectivity index (χ0v) is 21.0. The summed E-state index contributed by atoms with van der Waals surface area (Å²) in [6.07, 6.45) is 1.04. The summed E-state index contributed by atoms with van der Waals surface area (Å²) in [6, 6.07) is 20.5. The first-order chi connectivity index (χ1) is 17.1. The van der Waals surface area contributed by atoms with Gasteiger partial charge in [0.2, 0.25) is 5.16 Å². The van der Waals surface area contributed by atoms with Crippen molar-refractivity contribution in [1.29, 1.82) is 0 Å². The smallest absolute Gasteiger partial charge is 0.254 e. The minimum atomic E-state index is 0.111. The molecule has 1 aliphatic heterocycles. The largest absolute Gasteiger partial charge is 0.336 e. The Balaban J connectivity index is 1.20. The Labute approximate surface area is 210 Å². The maximum absolute atomic E-state index is 13.4. The SMILES string of the molecule is Cc1cc(C)n2nc(SCc3ccccc3C(=O)N3CCN(CCc4ccccc4)CC3)nc2n1. The molecule has 1 amide bonds. The Morgan fingerprint density at radius 1 is 0.943 bits per heavy atom. The van der Waals surface area contributed by atoms with Crippen LogP contribution in [0.3, 0.4) is 0 Å². The van der Waals surface area contributed by atoms with Crippen LogP contribution in [0.25, 0.3) is 5.78 Å². The first-order valence-corrected chi connectivity index (χ1v) is 13.0. The highest BCUT2D eigenvalue weighted by Gasteiger charge is 2.23. The molecule has 1 fully saturated rings. The average molecular weight is 487 g/mol. The minimum Gasteiger partial charge on any atom is -0.336 e. The van der Waals surface area contributed by atoms with Crippen LogP contribution in [-0.4, -0.2) is 68.0 Å². The quantitative estimate of drug-likeness (QED) is 0.368. The van der Waals surface area contributed by atoms with Crippen molar-refractivity contribution in [1.82, 2.24) is 29.4 Å². The minimum absolute atomic E-state index is 0.111. The van der Waals surface area contributed by atoms with Crippen LogP contribution in [0, 0.1) is 13.8 Å². The topological polar surface area (TPSA) is 66.6 Å². The van der Waals surface area contributed by atoms with E-state index in [1.54, 1.807) is 4.52 Å². The van der Waals surface area contributed by atoms with Gasteiger partial charge < -0.3 is 4.90 Å². The lowest BCUT2D eigenvalue weighted by Crippen LogP contribution is -2.49. The maximum Gasteiger partial charge on any atom is 0.254 e. The molecule has 0 bridgehead atoms. The van der Waals surface area contributed by atoms with Crippen molar-refractivity contribution in [3.05, 3.63) is 88.7 Å².